The number of sulfonamides is 1. The average molecular weight is 396 g/mol. The Morgan fingerprint density at radius 1 is 1.22 bits per heavy atom. The highest BCUT2D eigenvalue weighted by Gasteiger charge is 2.19. The lowest BCUT2D eigenvalue weighted by molar-refractivity contribution is -0.384. The fourth-order valence-corrected chi connectivity index (χ4v) is 2.63. The molecule has 0 aliphatic rings. The lowest BCUT2D eigenvalue weighted by Crippen LogP contribution is -2.12. The van der Waals surface area contributed by atoms with E-state index in [1.165, 1.54) is 38.6 Å². The number of nitrogens with zero attached hydrogens (tertiary/aromatic N) is 2. The van der Waals surface area contributed by atoms with Gasteiger partial charge in [0.05, 0.1) is 30.3 Å². The maximum atomic E-state index is 11.3. The first kappa shape index (κ1) is 19.9. The highest BCUT2D eigenvalue weighted by molar-refractivity contribution is 7.89. The Hall–Kier alpha value is -3.38. The summed E-state index contributed by atoms with van der Waals surface area (Å²) >= 11 is 0. The van der Waals surface area contributed by atoms with Crippen molar-refractivity contribution in [2.45, 2.75) is 4.90 Å². The smallest absolute Gasteiger partial charge is 0.295 e. The van der Waals surface area contributed by atoms with Crippen molar-refractivity contribution in [2.24, 2.45) is 10.2 Å². The number of nitro benzene ring substituents is 1. The van der Waals surface area contributed by atoms with Crippen molar-refractivity contribution in [1.29, 1.82) is 0 Å². The van der Waals surface area contributed by atoms with Gasteiger partial charge in [-0.05, 0) is 24.3 Å². The number of anilines is 1. The fourth-order valence-electron chi connectivity index (χ4n) is 2.10. The molecule has 0 aliphatic carbocycles. The summed E-state index contributed by atoms with van der Waals surface area (Å²) in [7, 11) is -1.35. The molecule has 11 nitrogen and oxygen atoms in total. The molecule has 0 radical (unpaired) electrons. The maximum Gasteiger partial charge on any atom is 0.295 e. The van der Waals surface area contributed by atoms with E-state index in [9.17, 15) is 23.6 Å². The van der Waals surface area contributed by atoms with Crippen LogP contribution in [-0.4, -0.2) is 38.9 Å². The Morgan fingerprint density at radius 3 is 2.30 bits per heavy atom. The van der Waals surface area contributed by atoms with Crippen LogP contribution in [0.2, 0.25) is 0 Å². The first-order valence-electron chi connectivity index (χ1n) is 7.22. The zero-order chi connectivity index (χ0) is 20.2. The van der Waals surface area contributed by atoms with E-state index in [1.807, 2.05) is 0 Å². The van der Waals surface area contributed by atoms with Crippen LogP contribution in [0.25, 0.3) is 0 Å². The Kier molecular flexibility index (Phi) is 5.82. The standard InChI is InChI=1S/C15H16N4O7S/c1-25-13-5-9(6-14(26-2)15(13)20)8-17-18-11-4-3-10(27(16,23)24)7-12(11)19(21)22/h3-8,18,20H,1-2H3,(H2,16,23,24). The number of nitrogens with two attached hydrogens (primary N) is 1. The van der Waals surface area contributed by atoms with Crippen LogP contribution in [0.5, 0.6) is 17.2 Å². The summed E-state index contributed by atoms with van der Waals surface area (Å²) < 4.78 is 32.7. The molecule has 2 rings (SSSR count). The van der Waals surface area contributed by atoms with Crippen molar-refractivity contribution < 1.29 is 27.9 Å². The van der Waals surface area contributed by atoms with Gasteiger partial charge in [-0.25, -0.2) is 13.6 Å². The lowest BCUT2D eigenvalue weighted by atomic mass is 10.2. The zero-order valence-electron chi connectivity index (χ0n) is 14.2. The molecule has 4 N–H and O–H groups in total. The van der Waals surface area contributed by atoms with Gasteiger partial charge in [-0.3, -0.25) is 15.5 Å². The van der Waals surface area contributed by atoms with E-state index in [1.54, 1.807) is 0 Å². The molecular weight excluding hydrogens is 380 g/mol. The number of nitro groups is 1. The molecule has 2 aromatic rings. The van der Waals surface area contributed by atoms with Crippen molar-refractivity contribution in [1.82, 2.24) is 0 Å². The number of phenols is 1. The molecule has 0 spiro atoms. The first-order chi connectivity index (χ1) is 12.7. The number of hydrogen-bond acceptors (Lipinski definition) is 9. The van der Waals surface area contributed by atoms with Gasteiger partial charge in [-0.2, -0.15) is 5.10 Å². The Labute approximate surface area is 154 Å². The Balaban J connectivity index is 2.32. The molecule has 0 saturated carbocycles. The van der Waals surface area contributed by atoms with Gasteiger partial charge in [0.15, 0.2) is 11.5 Å². The van der Waals surface area contributed by atoms with Gasteiger partial charge >= 0.3 is 0 Å². The van der Waals surface area contributed by atoms with Gasteiger partial charge in [-0.1, -0.05) is 0 Å². The van der Waals surface area contributed by atoms with Crippen LogP contribution in [0, 0.1) is 10.1 Å². The molecule has 0 saturated heterocycles. The predicted octanol–water partition coefficient (Wildman–Crippen LogP) is 1.41. The van der Waals surface area contributed by atoms with E-state index in [0.29, 0.717) is 5.56 Å². The summed E-state index contributed by atoms with van der Waals surface area (Å²) in [6, 6.07) is 6.07. The molecule has 0 unspecified atom stereocenters. The zero-order valence-corrected chi connectivity index (χ0v) is 15.1. The third-order valence-corrected chi connectivity index (χ3v) is 4.31. The van der Waals surface area contributed by atoms with Gasteiger partial charge in [0.2, 0.25) is 15.8 Å². The number of ether oxygens (including phenoxy) is 2. The maximum absolute atomic E-state index is 11.3. The van der Waals surface area contributed by atoms with Gasteiger partial charge in [0, 0.05) is 11.6 Å². The van der Waals surface area contributed by atoms with Gasteiger partial charge in [0.1, 0.15) is 5.69 Å². The van der Waals surface area contributed by atoms with E-state index < -0.39 is 25.5 Å². The second-order valence-corrected chi connectivity index (χ2v) is 6.69. The number of phenolic OH excluding ortho intramolecular Hbond substituents is 1. The average Bonchev–Trinajstić information content (AvgIpc) is 2.61. The van der Waals surface area contributed by atoms with E-state index >= 15 is 0 Å². The van der Waals surface area contributed by atoms with Crippen molar-refractivity contribution in [3.05, 3.63) is 46.0 Å². The third-order valence-electron chi connectivity index (χ3n) is 3.40. The van der Waals surface area contributed by atoms with E-state index in [-0.39, 0.29) is 22.9 Å². The lowest BCUT2D eigenvalue weighted by Gasteiger charge is -2.09. The molecule has 144 valence electrons. The number of rotatable bonds is 7. The van der Waals surface area contributed by atoms with Crippen LogP contribution in [0.4, 0.5) is 11.4 Å². The van der Waals surface area contributed by atoms with E-state index in [2.05, 4.69) is 10.5 Å². The number of hydrazone groups is 1. The van der Waals surface area contributed by atoms with Crippen molar-refractivity contribution in [3.63, 3.8) is 0 Å². The van der Waals surface area contributed by atoms with Gasteiger partial charge in [-0.15, -0.1) is 0 Å². The fraction of sp³-hybridized carbons (Fsp3) is 0.133. The van der Waals surface area contributed by atoms with Crippen LogP contribution in [-0.2, 0) is 10.0 Å². The van der Waals surface area contributed by atoms with Crippen LogP contribution >= 0.6 is 0 Å². The first-order valence-corrected chi connectivity index (χ1v) is 8.77. The summed E-state index contributed by atoms with van der Waals surface area (Å²) in [5.41, 5.74) is 2.37. The molecule has 0 atom stereocenters. The van der Waals surface area contributed by atoms with Crippen LogP contribution in [0.3, 0.4) is 0 Å². The van der Waals surface area contributed by atoms with Crippen molar-refractivity contribution >= 4 is 27.6 Å². The van der Waals surface area contributed by atoms with Gasteiger partial charge < -0.3 is 14.6 Å². The number of primary sulfonamides is 1. The second kappa shape index (κ2) is 7.88. The Morgan fingerprint density at radius 2 is 1.81 bits per heavy atom. The third kappa shape index (κ3) is 4.62. The molecule has 0 fully saturated rings. The van der Waals surface area contributed by atoms with Gasteiger partial charge in [0.25, 0.3) is 5.69 Å². The summed E-state index contributed by atoms with van der Waals surface area (Å²) in [4.78, 5) is 10.00. The Bertz CT molecular complexity index is 980. The molecule has 0 amide bonds. The number of hydrogen-bond donors (Lipinski definition) is 3. The predicted molar refractivity (Wildman–Crippen MR) is 96.9 cm³/mol. The molecular formula is C15H16N4O7S. The minimum Gasteiger partial charge on any atom is -0.502 e. The quantitative estimate of drug-likeness (QED) is 0.359. The molecule has 0 aromatic heterocycles. The highest BCUT2D eigenvalue weighted by Crippen LogP contribution is 2.36. The molecule has 12 heteroatoms. The molecule has 2 aromatic carbocycles. The summed E-state index contributed by atoms with van der Waals surface area (Å²) in [6.45, 7) is 0. The summed E-state index contributed by atoms with van der Waals surface area (Å²) in [5, 5.41) is 29.9. The second-order valence-electron chi connectivity index (χ2n) is 5.13. The minimum atomic E-state index is -4.08. The van der Waals surface area contributed by atoms with E-state index in [0.717, 1.165) is 12.1 Å². The number of methoxy groups -OCH3 is 2. The SMILES string of the molecule is COc1cc(C=NNc2ccc(S(N)(=O)=O)cc2[N+](=O)[O-])cc(OC)c1O. The number of nitrogens with one attached hydrogen (secondary N) is 1. The summed E-state index contributed by atoms with van der Waals surface area (Å²) in [5.74, 6) is 0.123. The molecule has 0 bridgehead atoms. The largest absolute Gasteiger partial charge is 0.502 e. The molecule has 0 heterocycles. The van der Waals surface area contributed by atoms with Crippen LogP contribution in [0.15, 0.2) is 40.3 Å². The number of benzene rings is 2. The van der Waals surface area contributed by atoms with Crippen molar-refractivity contribution in [2.75, 3.05) is 19.6 Å². The number of aromatic hydroxyl groups is 1. The monoisotopic (exact) mass is 396 g/mol. The van der Waals surface area contributed by atoms with Crippen LogP contribution < -0.4 is 20.0 Å². The van der Waals surface area contributed by atoms with E-state index in [4.69, 9.17) is 14.6 Å². The normalized spacial score (nSPS) is 11.4. The summed E-state index contributed by atoms with van der Waals surface area (Å²) in [6.07, 6.45) is 1.31. The highest BCUT2D eigenvalue weighted by atomic mass is 32.2. The van der Waals surface area contributed by atoms with Crippen molar-refractivity contribution in [3.8, 4) is 17.2 Å². The molecule has 0 aliphatic heterocycles. The van der Waals surface area contributed by atoms with Crippen LogP contribution in [0.1, 0.15) is 5.56 Å². The minimum absolute atomic E-state index is 0.0404. The molecule has 27 heavy (non-hydrogen) atoms. The topological polar surface area (TPSA) is 166 Å².